The largest absolute Gasteiger partial charge is 0.399 e. The fourth-order valence-corrected chi connectivity index (χ4v) is 3.84. The minimum absolute atomic E-state index is 0.503. The van der Waals surface area contributed by atoms with Crippen molar-refractivity contribution in [1.29, 1.82) is 0 Å². The molecule has 0 aliphatic heterocycles. The summed E-state index contributed by atoms with van der Waals surface area (Å²) < 4.78 is 12.3. The number of hydrogen-bond donors (Lipinski definition) is 1. The Bertz CT molecular complexity index is 409. The molecule has 0 spiro atoms. The Morgan fingerprint density at radius 2 is 2.11 bits per heavy atom. The van der Waals surface area contributed by atoms with Gasteiger partial charge in [-0.05, 0) is 30.5 Å². The maximum absolute atomic E-state index is 12.3. The first kappa shape index (κ1) is 15.5. The predicted molar refractivity (Wildman–Crippen MR) is 80.4 cm³/mol. The third-order valence-corrected chi connectivity index (χ3v) is 5.18. The van der Waals surface area contributed by atoms with Crippen LogP contribution in [-0.4, -0.2) is 9.96 Å². The van der Waals surface area contributed by atoms with Crippen LogP contribution in [0, 0.1) is 5.92 Å². The zero-order chi connectivity index (χ0) is 13.5. The molecule has 0 radical (unpaired) electrons. The molecule has 0 fully saturated rings. The molecule has 0 saturated heterocycles. The van der Waals surface area contributed by atoms with Crippen molar-refractivity contribution in [3.05, 3.63) is 23.2 Å². The molecule has 2 unspecified atom stereocenters. The Morgan fingerprint density at radius 3 is 2.72 bits per heavy atom. The summed E-state index contributed by atoms with van der Waals surface area (Å²) in [7, 11) is -1.05. The Labute approximate surface area is 117 Å². The van der Waals surface area contributed by atoms with Gasteiger partial charge in [-0.1, -0.05) is 44.7 Å². The van der Waals surface area contributed by atoms with E-state index in [1.807, 2.05) is 0 Å². The molecule has 0 heterocycles. The van der Waals surface area contributed by atoms with Crippen LogP contribution in [0.1, 0.15) is 39.5 Å². The number of unbranched alkanes of at least 4 members (excludes halogenated alkanes) is 1. The van der Waals surface area contributed by atoms with Gasteiger partial charge < -0.3 is 5.73 Å². The second kappa shape index (κ2) is 7.80. The molecule has 102 valence electrons. The molecule has 0 amide bonds. The van der Waals surface area contributed by atoms with E-state index in [0.29, 0.717) is 27.3 Å². The molecule has 4 heteroatoms. The smallest absolute Gasteiger partial charge is 0.0594 e. The van der Waals surface area contributed by atoms with Gasteiger partial charge in [-0.2, -0.15) is 0 Å². The van der Waals surface area contributed by atoms with E-state index in [1.54, 1.807) is 18.2 Å². The second-order valence-electron chi connectivity index (χ2n) is 4.62. The Balaban J connectivity index is 2.71. The molecular weight excluding hydrogens is 266 g/mol. The third kappa shape index (κ3) is 4.62. The maximum Gasteiger partial charge on any atom is 0.0594 e. The highest BCUT2D eigenvalue weighted by atomic mass is 35.5. The lowest BCUT2D eigenvalue weighted by atomic mass is 10.0. The van der Waals surface area contributed by atoms with Crippen LogP contribution in [0.3, 0.4) is 0 Å². The zero-order valence-electron chi connectivity index (χ0n) is 11.1. The highest BCUT2D eigenvalue weighted by molar-refractivity contribution is 7.85. The average molecular weight is 288 g/mol. The molecular formula is C14H22ClNOS. The van der Waals surface area contributed by atoms with Crippen molar-refractivity contribution in [1.82, 2.24) is 0 Å². The van der Waals surface area contributed by atoms with Gasteiger partial charge in [0, 0.05) is 11.4 Å². The molecule has 1 rings (SSSR count). The van der Waals surface area contributed by atoms with Crippen molar-refractivity contribution in [2.24, 2.45) is 5.92 Å². The van der Waals surface area contributed by atoms with Gasteiger partial charge >= 0.3 is 0 Å². The second-order valence-corrected chi connectivity index (χ2v) is 6.49. The number of halogens is 1. The highest BCUT2D eigenvalue weighted by Crippen LogP contribution is 2.25. The monoisotopic (exact) mass is 287 g/mol. The minimum Gasteiger partial charge on any atom is -0.399 e. The van der Waals surface area contributed by atoms with Crippen molar-refractivity contribution in [3.8, 4) is 0 Å². The summed E-state index contributed by atoms with van der Waals surface area (Å²) in [6.45, 7) is 4.33. The number of benzene rings is 1. The quantitative estimate of drug-likeness (QED) is 0.762. The lowest BCUT2D eigenvalue weighted by Crippen LogP contribution is -2.11. The molecule has 0 aromatic heterocycles. The van der Waals surface area contributed by atoms with Gasteiger partial charge in [-0.15, -0.1) is 0 Å². The van der Waals surface area contributed by atoms with E-state index in [2.05, 4.69) is 13.8 Å². The molecule has 2 atom stereocenters. The number of nitrogens with two attached hydrogens (primary N) is 1. The van der Waals surface area contributed by atoms with E-state index < -0.39 is 10.8 Å². The standard InChI is InChI=1S/C14H22ClNOS/c1-3-5-6-11(4-2)10-18(17)14-9-12(16)7-8-13(14)15/h7-9,11H,3-6,10,16H2,1-2H3. The van der Waals surface area contributed by atoms with Crippen LogP contribution in [0.2, 0.25) is 5.02 Å². The summed E-state index contributed by atoms with van der Waals surface area (Å²) in [5, 5.41) is 0.549. The first-order chi connectivity index (χ1) is 8.58. The fourth-order valence-electron chi connectivity index (χ4n) is 1.90. The summed E-state index contributed by atoms with van der Waals surface area (Å²) in [5.74, 6) is 1.18. The number of hydrogen-bond acceptors (Lipinski definition) is 2. The van der Waals surface area contributed by atoms with Crippen LogP contribution in [0.15, 0.2) is 23.1 Å². The van der Waals surface area contributed by atoms with E-state index in [0.717, 1.165) is 12.8 Å². The van der Waals surface area contributed by atoms with E-state index in [1.165, 1.54) is 12.8 Å². The normalized spacial score (nSPS) is 14.4. The molecule has 1 aromatic rings. The van der Waals surface area contributed by atoms with Gasteiger partial charge in [-0.25, -0.2) is 0 Å². The first-order valence-corrected chi connectivity index (χ1v) is 8.21. The summed E-state index contributed by atoms with van der Waals surface area (Å²) >= 11 is 6.07. The number of nitrogen functional groups attached to an aromatic ring is 1. The van der Waals surface area contributed by atoms with Crippen LogP contribution < -0.4 is 5.73 Å². The van der Waals surface area contributed by atoms with Crippen molar-refractivity contribution in [2.45, 2.75) is 44.4 Å². The lowest BCUT2D eigenvalue weighted by Gasteiger charge is -2.14. The van der Waals surface area contributed by atoms with Crippen LogP contribution >= 0.6 is 11.6 Å². The SMILES string of the molecule is CCCCC(CC)CS(=O)c1cc(N)ccc1Cl. The zero-order valence-corrected chi connectivity index (χ0v) is 12.7. The number of rotatable bonds is 7. The van der Waals surface area contributed by atoms with E-state index in [-0.39, 0.29) is 0 Å². The molecule has 18 heavy (non-hydrogen) atoms. The molecule has 0 aliphatic carbocycles. The molecule has 1 aromatic carbocycles. The van der Waals surface area contributed by atoms with Crippen molar-refractivity contribution in [3.63, 3.8) is 0 Å². The Kier molecular flexibility index (Phi) is 6.72. The predicted octanol–water partition coefficient (Wildman–Crippen LogP) is 4.25. The minimum atomic E-state index is -1.05. The summed E-state index contributed by atoms with van der Waals surface area (Å²) in [5.41, 5.74) is 6.33. The van der Waals surface area contributed by atoms with Crippen LogP contribution in [0.5, 0.6) is 0 Å². The topological polar surface area (TPSA) is 43.1 Å². The molecule has 2 N–H and O–H groups in total. The summed E-state index contributed by atoms with van der Waals surface area (Å²) in [6.07, 6.45) is 4.58. The Hall–Kier alpha value is -0.540. The van der Waals surface area contributed by atoms with Crippen LogP contribution in [0.4, 0.5) is 5.69 Å². The Morgan fingerprint density at radius 1 is 1.39 bits per heavy atom. The average Bonchev–Trinajstić information content (AvgIpc) is 2.37. The lowest BCUT2D eigenvalue weighted by molar-refractivity contribution is 0.494. The van der Waals surface area contributed by atoms with E-state index in [9.17, 15) is 4.21 Å². The van der Waals surface area contributed by atoms with Crippen LogP contribution in [0.25, 0.3) is 0 Å². The van der Waals surface area contributed by atoms with Crippen molar-refractivity contribution >= 4 is 28.1 Å². The van der Waals surface area contributed by atoms with Gasteiger partial charge in [0.05, 0.1) is 20.7 Å². The van der Waals surface area contributed by atoms with Gasteiger partial charge in [0.15, 0.2) is 0 Å². The summed E-state index contributed by atoms with van der Waals surface area (Å²) in [4.78, 5) is 0.673. The van der Waals surface area contributed by atoms with Gasteiger partial charge in [-0.3, -0.25) is 4.21 Å². The van der Waals surface area contributed by atoms with Crippen molar-refractivity contribution in [2.75, 3.05) is 11.5 Å². The van der Waals surface area contributed by atoms with Gasteiger partial charge in [0.1, 0.15) is 0 Å². The fraction of sp³-hybridized carbons (Fsp3) is 0.571. The van der Waals surface area contributed by atoms with E-state index in [4.69, 9.17) is 17.3 Å². The molecule has 0 bridgehead atoms. The summed E-state index contributed by atoms with van der Waals surface area (Å²) in [6, 6.07) is 5.18. The first-order valence-electron chi connectivity index (χ1n) is 6.51. The molecule has 2 nitrogen and oxygen atoms in total. The maximum atomic E-state index is 12.3. The van der Waals surface area contributed by atoms with E-state index >= 15 is 0 Å². The van der Waals surface area contributed by atoms with Gasteiger partial charge in [0.25, 0.3) is 0 Å². The highest BCUT2D eigenvalue weighted by Gasteiger charge is 2.15. The van der Waals surface area contributed by atoms with Crippen molar-refractivity contribution < 1.29 is 4.21 Å². The molecule has 0 aliphatic rings. The van der Waals surface area contributed by atoms with Crippen LogP contribution in [-0.2, 0) is 10.8 Å². The number of anilines is 1. The van der Waals surface area contributed by atoms with Gasteiger partial charge in [0.2, 0.25) is 0 Å². The third-order valence-electron chi connectivity index (χ3n) is 3.13. The molecule has 0 saturated carbocycles.